The Kier molecular flexibility index (Phi) is 11.4. The molecule has 2 atom stereocenters. The highest BCUT2D eigenvalue weighted by atomic mass is 28.3. The van der Waals surface area contributed by atoms with Crippen LogP contribution in [0, 0.1) is 0 Å². The van der Waals surface area contributed by atoms with E-state index in [1.165, 1.54) is 0 Å². The van der Waals surface area contributed by atoms with Gasteiger partial charge in [0.2, 0.25) is 0 Å². The lowest BCUT2D eigenvalue weighted by Crippen LogP contribution is -2.44. The molecule has 0 rings (SSSR count). The van der Waals surface area contributed by atoms with Gasteiger partial charge in [0, 0.05) is 0 Å². The molecule has 0 spiro atoms. The summed E-state index contributed by atoms with van der Waals surface area (Å²) in [6.07, 6.45) is 4.80. The lowest BCUT2D eigenvalue weighted by atomic mass is 10.1. The van der Waals surface area contributed by atoms with Crippen molar-refractivity contribution in [2.45, 2.75) is 142 Å². The van der Waals surface area contributed by atoms with E-state index in [1.54, 1.807) is 0 Å². The third kappa shape index (κ3) is 7.66. The van der Waals surface area contributed by atoms with Gasteiger partial charge in [0.15, 0.2) is 0 Å². The van der Waals surface area contributed by atoms with Gasteiger partial charge in [-0.15, -0.1) is 0 Å². The minimum atomic E-state index is -1.97. The Morgan fingerprint density at radius 3 is 1.13 bits per heavy atom. The monoisotopic (exact) mass is 452 g/mol. The van der Waals surface area contributed by atoms with E-state index in [1.807, 2.05) is 0 Å². The molecule has 0 aromatic rings. The molecule has 0 aliphatic carbocycles. The molecule has 2 unspecified atom stereocenters. The summed E-state index contributed by atoms with van der Waals surface area (Å²) in [5, 5.41) is 24.6. The van der Waals surface area contributed by atoms with Crippen molar-refractivity contribution in [3.8, 4) is 0 Å². The van der Waals surface area contributed by atoms with Crippen molar-refractivity contribution in [3.63, 3.8) is 0 Å². The van der Waals surface area contributed by atoms with Crippen molar-refractivity contribution in [1.82, 2.24) is 0 Å². The van der Waals surface area contributed by atoms with Crippen molar-refractivity contribution in [2.24, 2.45) is 0 Å². The van der Waals surface area contributed by atoms with Crippen molar-refractivity contribution in [1.29, 1.82) is 0 Å². The van der Waals surface area contributed by atoms with E-state index < -0.39 is 28.4 Å². The van der Waals surface area contributed by atoms with Crippen molar-refractivity contribution < 1.29 is 10.2 Å². The number of aliphatic hydroxyl groups excluding tert-OH is 2. The van der Waals surface area contributed by atoms with Crippen LogP contribution in [0.2, 0.25) is 36.3 Å². The van der Waals surface area contributed by atoms with Crippen LogP contribution in [-0.4, -0.2) is 38.6 Å². The third-order valence-electron chi connectivity index (χ3n) is 7.76. The molecule has 0 amide bonds. The summed E-state index contributed by atoms with van der Waals surface area (Å²) in [5.41, 5.74) is 7.05. The van der Waals surface area contributed by atoms with Gasteiger partial charge in [0.25, 0.3) is 0 Å². The van der Waals surface area contributed by atoms with E-state index in [9.17, 15) is 10.2 Å². The van der Waals surface area contributed by atoms with Crippen LogP contribution in [0.1, 0.15) is 93.9 Å². The Balaban J connectivity index is 6.97. The normalized spacial score (nSPS) is 15.3. The summed E-state index contributed by atoms with van der Waals surface area (Å²) in [6.45, 7) is 27.4. The Labute approximate surface area is 190 Å². The molecule has 176 valence electrons. The quantitative estimate of drug-likeness (QED) is 0.262. The molecule has 0 aromatic heterocycles. The molecule has 0 bridgehead atoms. The zero-order valence-electron chi connectivity index (χ0n) is 22.3. The zero-order valence-corrected chi connectivity index (χ0v) is 24.3. The number of hydrogen-bond acceptors (Lipinski definition) is 2. The second-order valence-electron chi connectivity index (χ2n) is 12.1. The summed E-state index contributed by atoms with van der Waals surface area (Å²) in [6, 6.07) is 0. The van der Waals surface area contributed by atoms with Gasteiger partial charge in [0.1, 0.15) is 0 Å². The highest BCUT2D eigenvalue weighted by Gasteiger charge is 2.43. The molecule has 0 saturated carbocycles. The molecule has 0 heterocycles. The van der Waals surface area contributed by atoms with E-state index in [0.29, 0.717) is 0 Å². The number of rotatable bonds is 10. The van der Waals surface area contributed by atoms with E-state index in [2.05, 4.69) is 93.0 Å². The molecular formula is C26H52O2Si2. The first-order valence-corrected chi connectivity index (χ1v) is 18.1. The molecule has 2 nitrogen and oxygen atoms in total. The average molecular weight is 453 g/mol. The predicted octanol–water partition coefficient (Wildman–Crippen LogP) is 7.79. The van der Waals surface area contributed by atoms with E-state index in [0.717, 1.165) is 48.9 Å². The molecule has 0 aliphatic rings. The third-order valence-corrected chi connectivity index (χ3v) is 18.9. The number of aliphatic hydroxyl groups is 2. The fourth-order valence-corrected chi connectivity index (χ4v) is 7.66. The van der Waals surface area contributed by atoms with Gasteiger partial charge >= 0.3 is 0 Å². The van der Waals surface area contributed by atoms with Crippen LogP contribution in [0.5, 0.6) is 0 Å². The molecule has 0 saturated heterocycles. The predicted molar refractivity (Wildman–Crippen MR) is 140 cm³/mol. The highest BCUT2D eigenvalue weighted by molar-refractivity contribution is 6.87. The van der Waals surface area contributed by atoms with Crippen LogP contribution in [0.15, 0.2) is 21.9 Å². The maximum absolute atomic E-state index is 11.1. The van der Waals surface area contributed by atoms with E-state index in [4.69, 9.17) is 0 Å². The average Bonchev–Trinajstić information content (AvgIpc) is 2.58. The Morgan fingerprint density at radius 2 is 0.933 bits per heavy atom. The fourth-order valence-electron chi connectivity index (χ4n) is 3.34. The molecule has 30 heavy (non-hydrogen) atoms. The molecule has 0 aliphatic heterocycles. The first-order chi connectivity index (χ1) is 13.4. The first-order valence-electron chi connectivity index (χ1n) is 12.1. The molecule has 2 N–H and O–H groups in total. The van der Waals surface area contributed by atoms with Gasteiger partial charge in [0.05, 0.1) is 28.4 Å². The smallest absolute Gasteiger partial charge is 0.0949 e. The molecular weight excluding hydrogens is 400 g/mol. The van der Waals surface area contributed by atoms with Crippen molar-refractivity contribution in [2.75, 3.05) is 0 Å². The summed E-state index contributed by atoms with van der Waals surface area (Å²) < 4.78 is 0. The zero-order chi connectivity index (χ0) is 24.0. The Morgan fingerprint density at radius 1 is 0.667 bits per heavy atom. The van der Waals surface area contributed by atoms with Crippen LogP contribution in [0.25, 0.3) is 0 Å². The molecule has 0 fully saturated rings. The van der Waals surface area contributed by atoms with Crippen LogP contribution in [0.4, 0.5) is 0 Å². The Hall–Kier alpha value is -0.346. The summed E-state index contributed by atoms with van der Waals surface area (Å²) in [4.78, 5) is 0. The molecule has 4 heteroatoms. The second kappa shape index (κ2) is 11.5. The Bertz CT molecular complexity index is 579. The number of unbranched alkanes of at least 4 members (excludes halogenated alkanes) is 2. The minimum absolute atomic E-state index is 0.113. The van der Waals surface area contributed by atoms with Gasteiger partial charge in [-0.05, 0) is 33.3 Å². The largest absolute Gasteiger partial charge is 0.388 e. The lowest BCUT2D eigenvalue weighted by molar-refractivity contribution is 0.201. The first kappa shape index (κ1) is 29.7. The topological polar surface area (TPSA) is 40.5 Å². The molecule has 0 aromatic carbocycles. The van der Waals surface area contributed by atoms with Crippen LogP contribution in [0.3, 0.4) is 0 Å². The minimum Gasteiger partial charge on any atom is -0.388 e. The molecule has 0 radical (unpaired) electrons. The van der Waals surface area contributed by atoms with Gasteiger partial charge in [-0.1, -0.05) is 119 Å². The van der Waals surface area contributed by atoms with Crippen molar-refractivity contribution in [3.05, 3.63) is 21.9 Å². The summed E-state index contributed by atoms with van der Waals surface area (Å²) in [7, 11) is -3.93. The summed E-state index contributed by atoms with van der Waals surface area (Å²) in [5.74, 6) is 0. The van der Waals surface area contributed by atoms with Gasteiger partial charge < -0.3 is 10.2 Å². The SMILES string of the molecule is CCCCC(O)C(=C=C=C(C(O)CCCC)[Si](C)(C)C(C)(C)C)[Si](C)(C)C(C)(C)C. The second-order valence-corrected chi connectivity index (χ2v) is 22.7. The van der Waals surface area contributed by atoms with Crippen molar-refractivity contribution >= 4 is 16.1 Å². The van der Waals surface area contributed by atoms with Crippen LogP contribution < -0.4 is 0 Å². The summed E-state index contributed by atoms with van der Waals surface area (Å²) >= 11 is 0. The van der Waals surface area contributed by atoms with E-state index >= 15 is 0 Å². The lowest BCUT2D eigenvalue weighted by Gasteiger charge is -2.40. The van der Waals surface area contributed by atoms with Crippen LogP contribution in [-0.2, 0) is 0 Å². The fraction of sp³-hybridized carbons (Fsp3) is 0.846. The van der Waals surface area contributed by atoms with Gasteiger partial charge in [-0.25, -0.2) is 0 Å². The maximum Gasteiger partial charge on any atom is 0.0949 e. The highest BCUT2D eigenvalue weighted by Crippen LogP contribution is 2.43. The maximum atomic E-state index is 11.1. The van der Waals surface area contributed by atoms with Gasteiger partial charge in [-0.2, -0.15) is 0 Å². The van der Waals surface area contributed by atoms with E-state index in [-0.39, 0.29) is 10.1 Å². The van der Waals surface area contributed by atoms with Gasteiger partial charge in [-0.3, -0.25) is 0 Å². The standard InChI is InChI=1S/C26H52O2Si2/c1-13-15-17-21(27)23(29(9,10)25(3,4)5)19-20-24(22(28)18-16-14-2)30(11,12)26(6,7)8/h21-22,27-28H,13-18H2,1-12H3. The van der Waals surface area contributed by atoms with Crippen LogP contribution >= 0.6 is 0 Å². The number of hydrogen-bond donors (Lipinski definition) is 2.